The van der Waals surface area contributed by atoms with E-state index in [9.17, 15) is 19.1 Å². The summed E-state index contributed by atoms with van der Waals surface area (Å²) in [6.45, 7) is 16.1. The number of methoxy groups -OCH3 is 1. The topological polar surface area (TPSA) is 92.2 Å². The Labute approximate surface area is 301 Å². The number of nitrogens with zero attached hydrogens (tertiary/aromatic N) is 3. The standard InChI is InChI=1S/C42H50FN3O5/c1-27-35(37(45-23-21-42(6,7)22-24-45)36(28(2)44-27)38(40(48)49)51-41(3,4)5)31-17-13-29(14-18-31)25-46(26-30-15-19-32(43)20-16-30)39(47)33-11-9-10-12-34(33)50-8/h9-20,38H,21-26H2,1-8H3,(H,48,49)/t38-/m0/s1. The number of carboxylic acids is 1. The molecule has 4 aromatic rings. The number of aromatic nitrogens is 1. The number of hydrogen-bond acceptors (Lipinski definition) is 6. The number of rotatable bonds is 11. The van der Waals surface area contributed by atoms with Crippen LogP contribution in [0.5, 0.6) is 5.75 Å². The van der Waals surface area contributed by atoms with E-state index < -0.39 is 17.7 Å². The quantitative estimate of drug-likeness (QED) is 0.168. The van der Waals surface area contributed by atoms with Crippen LogP contribution in [0.25, 0.3) is 11.1 Å². The van der Waals surface area contributed by atoms with Crippen LogP contribution in [0, 0.1) is 25.1 Å². The Hall–Kier alpha value is -4.76. The maximum atomic E-state index is 14.0. The van der Waals surface area contributed by atoms with Crippen LogP contribution in [0.2, 0.25) is 0 Å². The average Bonchev–Trinajstić information content (AvgIpc) is 3.07. The molecular formula is C42H50FN3O5. The molecule has 1 atom stereocenters. The van der Waals surface area contributed by atoms with Gasteiger partial charge >= 0.3 is 5.97 Å². The van der Waals surface area contributed by atoms with E-state index in [-0.39, 0.29) is 23.7 Å². The summed E-state index contributed by atoms with van der Waals surface area (Å²) in [7, 11) is 1.54. The van der Waals surface area contributed by atoms with Gasteiger partial charge in [-0.15, -0.1) is 0 Å². The fourth-order valence-corrected chi connectivity index (χ4v) is 6.75. The lowest BCUT2D eigenvalue weighted by molar-refractivity contribution is -0.160. The zero-order valence-electron chi connectivity index (χ0n) is 31.0. The Morgan fingerprint density at radius 1 is 0.922 bits per heavy atom. The second-order valence-corrected chi connectivity index (χ2v) is 15.2. The normalized spacial score (nSPS) is 15.0. The number of hydrogen-bond donors (Lipinski definition) is 1. The zero-order chi connectivity index (χ0) is 37.1. The van der Waals surface area contributed by atoms with E-state index in [2.05, 4.69) is 18.7 Å². The molecule has 8 nitrogen and oxygen atoms in total. The van der Waals surface area contributed by atoms with E-state index in [0.29, 0.717) is 29.1 Å². The molecule has 51 heavy (non-hydrogen) atoms. The zero-order valence-corrected chi connectivity index (χ0v) is 31.0. The average molecular weight is 696 g/mol. The molecule has 1 aromatic heterocycles. The number of aryl methyl sites for hydroxylation is 2. The number of ether oxygens (including phenoxy) is 2. The van der Waals surface area contributed by atoms with Crippen molar-refractivity contribution < 1.29 is 28.6 Å². The van der Waals surface area contributed by atoms with Crippen molar-refractivity contribution in [2.24, 2.45) is 5.41 Å². The lowest BCUT2D eigenvalue weighted by Crippen LogP contribution is -2.39. The lowest BCUT2D eigenvalue weighted by Gasteiger charge is -2.41. The maximum absolute atomic E-state index is 14.0. The summed E-state index contributed by atoms with van der Waals surface area (Å²) < 4.78 is 25.5. The molecule has 2 heterocycles. The summed E-state index contributed by atoms with van der Waals surface area (Å²) in [5, 5.41) is 10.5. The van der Waals surface area contributed by atoms with Crippen LogP contribution in [0.1, 0.15) is 92.0 Å². The number of piperidine rings is 1. The van der Waals surface area contributed by atoms with Crippen LogP contribution in [-0.4, -0.2) is 52.7 Å². The van der Waals surface area contributed by atoms with Gasteiger partial charge in [0.05, 0.1) is 24.0 Å². The summed E-state index contributed by atoms with van der Waals surface area (Å²) in [6, 6.07) is 21.3. The Balaban J connectivity index is 1.57. The molecule has 0 bridgehead atoms. The van der Waals surface area contributed by atoms with Crippen LogP contribution >= 0.6 is 0 Å². The third kappa shape index (κ3) is 8.95. The fraction of sp³-hybridized carbons (Fsp3) is 0.405. The molecule has 1 amide bonds. The van der Waals surface area contributed by atoms with Crippen molar-refractivity contribution in [3.8, 4) is 16.9 Å². The minimum absolute atomic E-state index is 0.185. The van der Waals surface area contributed by atoms with E-state index in [1.54, 1.807) is 35.2 Å². The molecule has 1 fully saturated rings. The number of halogens is 1. The monoisotopic (exact) mass is 695 g/mol. The first kappa shape index (κ1) is 37.5. The number of aliphatic carboxylic acids is 1. The molecular weight excluding hydrogens is 645 g/mol. The van der Waals surface area contributed by atoms with Crippen molar-refractivity contribution in [1.29, 1.82) is 0 Å². The minimum Gasteiger partial charge on any atom is -0.496 e. The summed E-state index contributed by atoms with van der Waals surface area (Å²) >= 11 is 0. The molecule has 0 aliphatic carbocycles. The molecule has 9 heteroatoms. The molecule has 1 saturated heterocycles. The number of carbonyl (C=O) groups excluding carboxylic acids is 1. The summed E-state index contributed by atoms with van der Waals surface area (Å²) in [5.41, 5.74) is 6.24. The number of pyridine rings is 1. The summed E-state index contributed by atoms with van der Waals surface area (Å²) in [6.07, 6.45) is 0.725. The minimum atomic E-state index is -1.21. The van der Waals surface area contributed by atoms with Crippen molar-refractivity contribution in [2.75, 3.05) is 25.1 Å². The first-order chi connectivity index (χ1) is 24.1. The maximum Gasteiger partial charge on any atom is 0.337 e. The molecule has 0 spiro atoms. The summed E-state index contributed by atoms with van der Waals surface area (Å²) in [5.74, 6) is -1.13. The number of amides is 1. The molecule has 5 rings (SSSR count). The molecule has 1 N–H and O–H groups in total. The molecule has 0 unspecified atom stereocenters. The number of para-hydroxylation sites is 1. The van der Waals surface area contributed by atoms with Gasteiger partial charge in [-0.25, -0.2) is 9.18 Å². The van der Waals surface area contributed by atoms with Crippen LogP contribution in [0.4, 0.5) is 10.1 Å². The number of benzene rings is 3. The van der Waals surface area contributed by atoms with Crippen LogP contribution < -0.4 is 9.64 Å². The molecule has 1 aliphatic heterocycles. The van der Waals surface area contributed by atoms with Crippen molar-refractivity contribution >= 4 is 17.6 Å². The predicted octanol–water partition coefficient (Wildman–Crippen LogP) is 8.92. The van der Waals surface area contributed by atoms with Gasteiger partial charge in [-0.1, -0.05) is 62.4 Å². The van der Waals surface area contributed by atoms with Gasteiger partial charge in [0.15, 0.2) is 6.10 Å². The first-order valence-corrected chi connectivity index (χ1v) is 17.5. The highest BCUT2D eigenvalue weighted by Gasteiger charge is 2.36. The third-order valence-corrected chi connectivity index (χ3v) is 9.50. The van der Waals surface area contributed by atoms with Crippen molar-refractivity contribution in [3.05, 3.63) is 112 Å². The Bertz CT molecular complexity index is 1860. The molecule has 3 aromatic carbocycles. The lowest BCUT2D eigenvalue weighted by atomic mass is 9.81. The Morgan fingerprint density at radius 3 is 2.04 bits per heavy atom. The summed E-state index contributed by atoms with van der Waals surface area (Å²) in [4.78, 5) is 35.8. The Morgan fingerprint density at radius 2 is 1.49 bits per heavy atom. The van der Waals surface area contributed by atoms with Gasteiger partial charge in [-0.2, -0.15) is 0 Å². The van der Waals surface area contributed by atoms with Gasteiger partial charge < -0.3 is 24.4 Å². The van der Waals surface area contributed by atoms with Crippen LogP contribution in [-0.2, 0) is 22.6 Å². The van der Waals surface area contributed by atoms with E-state index in [4.69, 9.17) is 14.5 Å². The highest BCUT2D eigenvalue weighted by Crippen LogP contribution is 2.45. The SMILES string of the molecule is COc1ccccc1C(=O)N(Cc1ccc(F)cc1)Cc1ccc(-c2c(C)nc(C)c([C@H](OC(C)(C)C)C(=O)O)c2N2CCC(C)(C)CC2)cc1. The first-order valence-electron chi connectivity index (χ1n) is 17.5. The van der Waals surface area contributed by atoms with Gasteiger partial charge in [0, 0.05) is 48.7 Å². The molecule has 0 saturated carbocycles. The Kier molecular flexibility index (Phi) is 11.2. The predicted molar refractivity (Wildman–Crippen MR) is 199 cm³/mol. The molecule has 0 radical (unpaired) electrons. The fourth-order valence-electron chi connectivity index (χ4n) is 6.75. The second kappa shape index (κ2) is 15.2. The van der Waals surface area contributed by atoms with Gasteiger partial charge in [-0.05, 0) is 93.8 Å². The van der Waals surface area contributed by atoms with Gasteiger partial charge in [0.1, 0.15) is 11.6 Å². The number of anilines is 1. The highest BCUT2D eigenvalue weighted by atomic mass is 19.1. The van der Waals surface area contributed by atoms with E-state index in [1.807, 2.05) is 65.0 Å². The van der Waals surface area contributed by atoms with Crippen molar-refractivity contribution in [3.63, 3.8) is 0 Å². The highest BCUT2D eigenvalue weighted by molar-refractivity contribution is 5.97. The van der Waals surface area contributed by atoms with Gasteiger partial charge in [-0.3, -0.25) is 9.78 Å². The third-order valence-electron chi connectivity index (χ3n) is 9.50. The van der Waals surface area contributed by atoms with E-state index in [1.165, 1.54) is 19.2 Å². The van der Waals surface area contributed by atoms with Gasteiger partial charge in [0.2, 0.25) is 0 Å². The smallest absolute Gasteiger partial charge is 0.337 e. The second-order valence-electron chi connectivity index (χ2n) is 15.2. The van der Waals surface area contributed by atoms with Gasteiger partial charge in [0.25, 0.3) is 5.91 Å². The van der Waals surface area contributed by atoms with E-state index in [0.717, 1.165) is 59.6 Å². The number of carbonyl (C=O) groups is 2. The molecule has 1 aliphatic rings. The molecule has 270 valence electrons. The van der Waals surface area contributed by atoms with Crippen molar-refractivity contribution in [2.45, 2.75) is 86.1 Å². The van der Waals surface area contributed by atoms with E-state index >= 15 is 0 Å². The van der Waals surface area contributed by atoms with Crippen LogP contribution in [0.15, 0.2) is 72.8 Å². The number of carboxylic acid groups (broad SMARTS) is 1. The largest absolute Gasteiger partial charge is 0.496 e. The van der Waals surface area contributed by atoms with Crippen LogP contribution in [0.3, 0.4) is 0 Å². The van der Waals surface area contributed by atoms with Crippen molar-refractivity contribution in [1.82, 2.24) is 9.88 Å².